The van der Waals surface area contributed by atoms with Gasteiger partial charge in [-0.05, 0) is 50.9 Å². The summed E-state index contributed by atoms with van der Waals surface area (Å²) in [6, 6.07) is 0. The highest BCUT2D eigenvalue weighted by Crippen LogP contribution is 2.30. The molecule has 0 aromatic heterocycles. The van der Waals surface area contributed by atoms with Crippen LogP contribution in [0.3, 0.4) is 0 Å². The minimum atomic E-state index is -1.37. The predicted octanol–water partition coefficient (Wildman–Crippen LogP) is 4.10. The van der Waals surface area contributed by atoms with Crippen molar-refractivity contribution in [2.24, 2.45) is 5.92 Å². The van der Waals surface area contributed by atoms with E-state index in [4.69, 9.17) is 4.43 Å². The number of rotatable bonds is 5. The molecule has 0 aromatic rings. The van der Waals surface area contributed by atoms with Gasteiger partial charge in [0.25, 0.3) is 0 Å². The minimum Gasteiger partial charge on any atom is -0.548 e. The van der Waals surface area contributed by atoms with Gasteiger partial charge in [0, 0.05) is 6.42 Å². The van der Waals surface area contributed by atoms with Gasteiger partial charge in [-0.2, -0.15) is 0 Å². The lowest BCUT2D eigenvalue weighted by molar-refractivity contribution is 0.407. The smallest absolute Gasteiger partial charge is 0.241 e. The van der Waals surface area contributed by atoms with Gasteiger partial charge in [-0.1, -0.05) is 6.08 Å². The molecule has 0 aromatic carbocycles. The highest BCUT2D eigenvalue weighted by molar-refractivity contribution is 6.70. The molecule has 0 amide bonds. The van der Waals surface area contributed by atoms with E-state index in [1.54, 1.807) is 0 Å². The van der Waals surface area contributed by atoms with Crippen LogP contribution < -0.4 is 0 Å². The summed E-state index contributed by atoms with van der Waals surface area (Å²) in [6.45, 7) is 10.5. The van der Waals surface area contributed by atoms with Crippen molar-refractivity contribution in [3.63, 3.8) is 0 Å². The lowest BCUT2D eigenvalue weighted by Crippen LogP contribution is -2.24. The molecule has 0 radical (unpaired) electrons. The van der Waals surface area contributed by atoms with Gasteiger partial charge in [-0.25, -0.2) is 0 Å². The van der Waals surface area contributed by atoms with Gasteiger partial charge in [0.1, 0.15) is 0 Å². The van der Waals surface area contributed by atoms with Gasteiger partial charge in [0.2, 0.25) is 8.32 Å². The molecule has 2 heteroatoms. The second-order valence-electron chi connectivity index (χ2n) is 5.01. The molecular weight excluding hydrogens is 188 g/mol. The van der Waals surface area contributed by atoms with Gasteiger partial charge < -0.3 is 4.43 Å². The Bertz CT molecular complexity index is 225. The molecule has 0 bridgehead atoms. The van der Waals surface area contributed by atoms with Gasteiger partial charge in [0.15, 0.2) is 0 Å². The summed E-state index contributed by atoms with van der Waals surface area (Å²) < 4.78 is 5.98. The van der Waals surface area contributed by atoms with Crippen LogP contribution in [-0.2, 0) is 4.43 Å². The standard InChI is InChI=1S/C12H22OSi/c1-5-6-7-11-8-9-12(10-11)13-14(2,3)4/h5,10-11H,1,6-9H2,2-4H3. The molecule has 14 heavy (non-hydrogen) atoms. The molecular formula is C12H22OSi. The van der Waals surface area contributed by atoms with Crippen molar-refractivity contribution >= 4 is 8.32 Å². The van der Waals surface area contributed by atoms with E-state index in [2.05, 4.69) is 32.3 Å². The molecule has 0 aliphatic heterocycles. The fourth-order valence-electron chi connectivity index (χ4n) is 1.80. The number of hydrogen-bond donors (Lipinski definition) is 0. The van der Waals surface area contributed by atoms with Crippen LogP contribution >= 0.6 is 0 Å². The first-order valence-corrected chi connectivity index (χ1v) is 8.93. The van der Waals surface area contributed by atoms with Crippen LogP contribution in [0.25, 0.3) is 0 Å². The zero-order chi connectivity index (χ0) is 10.6. The SMILES string of the molecule is C=CCCC1C=C(O[Si](C)(C)C)CC1. The summed E-state index contributed by atoms with van der Waals surface area (Å²) in [5, 5.41) is 0. The Morgan fingerprint density at radius 1 is 1.57 bits per heavy atom. The van der Waals surface area contributed by atoms with Crippen molar-refractivity contribution in [3.8, 4) is 0 Å². The number of hydrogen-bond acceptors (Lipinski definition) is 1. The molecule has 0 spiro atoms. The summed E-state index contributed by atoms with van der Waals surface area (Å²) in [4.78, 5) is 0. The van der Waals surface area contributed by atoms with Crippen LogP contribution in [0.4, 0.5) is 0 Å². The lowest BCUT2D eigenvalue weighted by Gasteiger charge is -2.19. The predicted molar refractivity (Wildman–Crippen MR) is 64.7 cm³/mol. The molecule has 1 nitrogen and oxygen atoms in total. The van der Waals surface area contributed by atoms with Gasteiger partial charge in [-0.15, -0.1) is 6.58 Å². The fourth-order valence-corrected chi connectivity index (χ4v) is 2.75. The zero-order valence-electron chi connectivity index (χ0n) is 9.68. The molecule has 1 atom stereocenters. The maximum Gasteiger partial charge on any atom is 0.241 e. The van der Waals surface area contributed by atoms with E-state index in [1.165, 1.54) is 18.6 Å². The Hall–Kier alpha value is -0.503. The summed E-state index contributed by atoms with van der Waals surface area (Å²) in [5.74, 6) is 1.98. The Balaban J connectivity index is 2.38. The van der Waals surface area contributed by atoms with E-state index in [0.29, 0.717) is 0 Å². The second-order valence-corrected chi connectivity index (χ2v) is 9.44. The second kappa shape index (κ2) is 4.83. The van der Waals surface area contributed by atoms with E-state index in [-0.39, 0.29) is 0 Å². The van der Waals surface area contributed by atoms with E-state index < -0.39 is 8.32 Å². The molecule has 1 aliphatic rings. The maximum atomic E-state index is 5.98. The summed E-state index contributed by atoms with van der Waals surface area (Å²) in [6.07, 6.45) is 9.12. The Labute approximate surface area is 89.0 Å². The van der Waals surface area contributed by atoms with Crippen LogP contribution in [0.5, 0.6) is 0 Å². The van der Waals surface area contributed by atoms with Crippen LogP contribution in [0.2, 0.25) is 19.6 Å². The fraction of sp³-hybridized carbons (Fsp3) is 0.667. The van der Waals surface area contributed by atoms with Gasteiger partial charge >= 0.3 is 0 Å². The Kier molecular flexibility index (Phi) is 3.99. The zero-order valence-corrected chi connectivity index (χ0v) is 10.7. The molecule has 1 rings (SSSR count). The average molecular weight is 210 g/mol. The molecule has 1 unspecified atom stereocenters. The topological polar surface area (TPSA) is 9.23 Å². The third-order valence-electron chi connectivity index (χ3n) is 2.36. The number of allylic oxidation sites excluding steroid dienone is 3. The molecule has 0 N–H and O–H groups in total. The maximum absolute atomic E-state index is 5.98. The first kappa shape index (κ1) is 11.6. The van der Waals surface area contributed by atoms with Crippen LogP contribution in [0.1, 0.15) is 25.7 Å². The van der Waals surface area contributed by atoms with Crippen molar-refractivity contribution in [2.45, 2.75) is 45.3 Å². The Morgan fingerprint density at radius 3 is 2.86 bits per heavy atom. The third kappa shape index (κ3) is 4.14. The molecule has 0 saturated heterocycles. The molecule has 80 valence electrons. The highest BCUT2D eigenvalue weighted by atomic mass is 28.4. The first-order valence-electron chi connectivity index (χ1n) is 5.52. The molecule has 0 heterocycles. The van der Waals surface area contributed by atoms with E-state index in [0.717, 1.165) is 18.8 Å². The first-order chi connectivity index (χ1) is 6.51. The lowest BCUT2D eigenvalue weighted by atomic mass is 10.0. The van der Waals surface area contributed by atoms with Crippen molar-refractivity contribution in [3.05, 3.63) is 24.5 Å². The Morgan fingerprint density at radius 2 is 2.29 bits per heavy atom. The summed E-state index contributed by atoms with van der Waals surface area (Å²) >= 11 is 0. The van der Waals surface area contributed by atoms with Gasteiger partial charge in [-0.3, -0.25) is 0 Å². The monoisotopic (exact) mass is 210 g/mol. The molecule has 0 fully saturated rings. The van der Waals surface area contributed by atoms with Gasteiger partial charge in [0.05, 0.1) is 5.76 Å². The summed E-state index contributed by atoms with van der Waals surface area (Å²) in [5.41, 5.74) is 0. The minimum absolute atomic E-state index is 0.736. The van der Waals surface area contributed by atoms with E-state index in [1.807, 2.05) is 6.08 Å². The average Bonchev–Trinajstić information content (AvgIpc) is 2.46. The van der Waals surface area contributed by atoms with Crippen molar-refractivity contribution in [1.82, 2.24) is 0 Å². The van der Waals surface area contributed by atoms with Crippen molar-refractivity contribution < 1.29 is 4.43 Å². The van der Waals surface area contributed by atoms with Crippen LogP contribution in [-0.4, -0.2) is 8.32 Å². The van der Waals surface area contributed by atoms with E-state index >= 15 is 0 Å². The third-order valence-corrected chi connectivity index (χ3v) is 3.24. The van der Waals surface area contributed by atoms with Crippen molar-refractivity contribution in [2.75, 3.05) is 0 Å². The summed E-state index contributed by atoms with van der Waals surface area (Å²) in [7, 11) is -1.37. The van der Waals surface area contributed by atoms with Crippen LogP contribution in [0, 0.1) is 5.92 Å². The largest absolute Gasteiger partial charge is 0.548 e. The normalized spacial score (nSPS) is 21.9. The molecule has 1 aliphatic carbocycles. The van der Waals surface area contributed by atoms with E-state index in [9.17, 15) is 0 Å². The van der Waals surface area contributed by atoms with Crippen molar-refractivity contribution in [1.29, 1.82) is 0 Å². The molecule has 0 saturated carbocycles. The highest BCUT2D eigenvalue weighted by Gasteiger charge is 2.22. The van der Waals surface area contributed by atoms with Crippen LogP contribution in [0.15, 0.2) is 24.5 Å². The quantitative estimate of drug-likeness (QED) is 0.490.